The molecule has 8 rings (SSSR count). The summed E-state index contributed by atoms with van der Waals surface area (Å²) in [6, 6.07) is 11.3. The third-order valence-corrected chi connectivity index (χ3v) is 10.5. The number of amides is 1. The number of morpholine rings is 1. The van der Waals surface area contributed by atoms with E-state index < -0.39 is 5.82 Å². The third-order valence-electron chi connectivity index (χ3n) is 9.49. The topological polar surface area (TPSA) is 62.1 Å². The minimum Gasteiger partial charge on any atom is -0.505 e. The third kappa shape index (κ3) is 4.61. The highest BCUT2D eigenvalue weighted by Gasteiger charge is 2.52. The van der Waals surface area contributed by atoms with Crippen molar-refractivity contribution in [3.63, 3.8) is 0 Å². The molecule has 2 aromatic carbocycles. The molecule has 0 radical (unpaired) electrons. The van der Waals surface area contributed by atoms with Crippen LogP contribution in [-0.2, 0) is 14.9 Å². The van der Waals surface area contributed by atoms with Gasteiger partial charge in [0.1, 0.15) is 0 Å². The van der Waals surface area contributed by atoms with Crippen LogP contribution < -0.4 is 0 Å². The Balaban J connectivity index is 1.17. The first-order valence-corrected chi connectivity index (χ1v) is 15.1. The molecule has 39 heavy (non-hydrogen) atoms. The van der Waals surface area contributed by atoms with Crippen LogP contribution in [0.2, 0.25) is 0 Å². The van der Waals surface area contributed by atoms with Gasteiger partial charge in [-0.3, -0.25) is 4.79 Å². The molecule has 2 unspecified atom stereocenters. The van der Waals surface area contributed by atoms with Crippen molar-refractivity contribution in [3.05, 3.63) is 58.2 Å². The molecule has 5 nitrogen and oxygen atoms in total. The molecular weight excluding hydrogens is 511 g/mol. The number of benzene rings is 2. The van der Waals surface area contributed by atoms with E-state index in [-0.39, 0.29) is 29.3 Å². The number of aromatic hydroxyl groups is 1. The van der Waals surface area contributed by atoms with Gasteiger partial charge in [0.15, 0.2) is 16.7 Å². The maximum atomic E-state index is 15.2. The highest BCUT2D eigenvalue weighted by Crippen LogP contribution is 2.62. The lowest BCUT2D eigenvalue weighted by Gasteiger charge is -2.57. The predicted molar refractivity (Wildman–Crippen MR) is 153 cm³/mol. The number of halogens is 1. The van der Waals surface area contributed by atoms with Crippen molar-refractivity contribution in [2.24, 2.45) is 22.7 Å². The molecule has 1 N–H and O–H groups in total. The average molecular weight is 547 g/mol. The molecule has 0 aromatic heterocycles. The molecule has 1 amide bonds. The highest BCUT2D eigenvalue weighted by molar-refractivity contribution is 8.18. The van der Waals surface area contributed by atoms with Crippen molar-refractivity contribution in [3.8, 4) is 16.9 Å². The lowest BCUT2D eigenvalue weighted by atomic mass is 9.48. The first kappa shape index (κ1) is 25.3. The van der Waals surface area contributed by atoms with Crippen LogP contribution in [0.25, 0.3) is 17.2 Å². The Bertz CT molecular complexity index is 1360. The maximum absolute atomic E-state index is 15.2. The van der Waals surface area contributed by atoms with Gasteiger partial charge in [-0.25, -0.2) is 4.39 Å². The van der Waals surface area contributed by atoms with E-state index in [0.29, 0.717) is 35.7 Å². The molecule has 6 aliphatic rings. The maximum Gasteiger partial charge on any atom is 0.286 e. The molecule has 2 heterocycles. The van der Waals surface area contributed by atoms with E-state index in [0.717, 1.165) is 46.7 Å². The summed E-state index contributed by atoms with van der Waals surface area (Å²) in [5, 5.41) is 11.6. The Morgan fingerprint density at radius 1 is 1.03 bits per heavy atom. The summed E-state index contributed by atoms with van der Waals surface area (Å²) in [7, 11) is 0. The molecule has 5 fully saturated rings. The van der Waals surface area contributed by atoms with Gasteiger partial charge >= 0.3 is 0 Å². The number of carbonyl (C=O) groups is 1. The summed E-state index contributed by atoms with van der Waals surface area (Å²) in [6.45, 7) is 5.50. The Hall–Kier alpha value is -2.64. The standard InChI is InChI=1S/C32H35FN2O3S/c1-18-16-35(17-19(2)38-18)31-34-30(37)28(39-31)10-20-4-3-5-24(9-20)25-11-26(29(36)27(33)12-25)32-13-21-6-22(14-32)8-23(7-21)15-32/h3-5,9-12,18-19,21-23,36H,6-8,13-17H2,1-2H3. The lowest BCUT2D eigenvalue weighted by Crippen LogP contribution is -2.48. The minimum absolute atomic E-state index is 0.0888. The number of thioether (sulfide) groups is 1. The lowest BCUT2D eigenvalue weighted by molar-refractivity contribution is -0.113. The highest BCUT2D eigenvalue weighted by atomic mass is 32.2. The molecule has 7 heteroatoms. The average Bonchev–Trinajstić information content (AvgIpc) is 3.24. The Morgan fingerprint density at radius 3 is 2.36 bits per heavy atom. The van der Waals surface area contributed by atoms with Crippen LogP contribution in [0, 0.1) is 23.6 Å². The van der Waals surface area contributed by atoms with Crippen molar-refractivity contribution in [2.75, 3.05) is 13.1 Å². The van der Waals surface area contributed by atoms with Gasteiger partial charge in [0.2, 0.25) is 0 Å². The zero-order valence-electron chi connectivity index (χ0n) is 22.5. The van der Waals surface area contributed by atoms with Gasteiger partial charge in [-0.2, -0.15) is 4.99 Å². The second-order valence-electron chi connectivity index (χ2n) is 12.7. The van der Waals surface area contributed by atoms with Crippen LogP contribution in [0.3, 0.4) is 0 Å². The molecule has 2 aliphatic heterocycles. The number of phenolic OH excluding ortho intramolecular Hbond substituents is 1. The smallest absolute Gasteiger partial charge is 0.286 e. The van der Waals surface area contributed by atoms with Crippen molar-refractivity contribution < 1.29 is 19.0 Å². The van der Waals surface area contributed by atoms with Crippen LogP contribution in [0.15, 0.2) is 46.3 Å². The van der Waals surface area contributed by atoms with Gasteiger partial charge in [0, 0.05) is 18.7 Å². The SMILES string of the molecule is CC1CN(C2=NC(=O)C(=Cc3cccc(-c4cc(F)c(O)c(C56CC7CC(CC(C7)C5)C6)c4)c3)S2)CC(C)O1. The van der Waals surface area contributed by atoms with Gasteiger partial charge in [0.05, 0.1) is 17.1 Å². The molecule has 1 saturated heterocycles. The van der Waals surface area contributed by atoms with E-state index in [4.69, 9.17) is 4.74 Å². The second kappa shape index (κ2) is 9.48. The molecule has 2 atom stereocenters. The van der Waals surface area contributed by atoms with Crippen molar-refractivity contribution in [2.45, 2.75) is 70.0 Å². The fourth-order valence-corrected chi connectivity index (χ4v) is 9.37. The number of nitrogens with zero attached hydrogens (tertiary/aromatic N) is 2. The number of phenols is 1. The Kier molecular flexibility index (Phi) is 6.16. The fraction of sp³-hybridized carbons (Fsp3) is 0.500. The number of carbonyl (C=O) groups excluding carboxylic acids is 1. The fourth-order valence-electron chi connectivity index (χ4n) is 8.44. The summed E-state index contributed by atoms with van der Waals surface area (Å²) in [5.41, 5.74) is 3.21. The Morgan fingerprint density at radius 2 is 1.69 bits per heavy atom. The largest absolute Gasteiger partial charge is 0.505 e. The van der Waals surface area contributed by atoms with Gasteiger partial charge < -0.3 is 14.7 Å². The van der Waals surface area contributed by atoms with E-state index in [9.17, 15) is 9.90 Å². The molecule has 204 valence electrons. The monoisotopic (exact) mass is 546 g/mol. The number of amidine groups is 1. The quantitative estimate of drug-likeness (QED) is 0.432. The van der Waals surface area contributed by atoms with Gasteiger partial charge in [0.25, 0.3) is 5.91 Å². The van der Waals surface area contributed by atoms with E-state index in [2.05, 4.69) is 9.89 Å². The Labute approximate surface area is 233 Å². The zero-order chi connectivity index (χ0) is 26.9. The van der Waals surface area contributed by atoms with Crippen LogP contribution in [0.1, 0.15) is 63.5 Å². The van der Waals surface area contributed by atoms with E-state index in [1.165, 1.54) is 37.1 Å². The summed E-state index contributed by atoms with van der Waals surface area (Å²) >= 11 is 1.40. The first-order chi connectivity index (χ1) is 18.7. The number of ether oxygens (including phenoxy) is 1. The van der Waals surface area contributed by atoms with E-state index in [1.807, 2.05) is 50.3 Å². The number of hydrogen-bond donors (Lipinski definition) is 1. The van der Waals surface area contributed by atoms with Crippen LogP contribution >= 0.6 is 11.8 Å². The van der Waals surface area contributed by atoms with E-state index >= 15 is 4.39 Å². The molecule has 2 aromatic rings. The summed E-state index contributed by atoms with van der Waals surface area (Å²) in [5.74, 6) is 1.17. The van der Waals surface area contributed by atoms with Crippen molar-refractivity contribution in [1.29, 1.82) is 0 Å². The van der Waals surface area contributed by atoms with Gasteiger partial charge in [-0.1, -0.05) is 18.2 Å². The minimum atomic E-state index is -0.546. The molecular formula is C32H35FN2O3S. The van der Waals surface area contributed by atoms with Crippen LogP contribution in [-0.4, -0.2) is 46.4 Å². The van der Waals surface area contributed by atoms with Crippen LogP contribution in [0.4, 0.5) is 4.39 Å². The van der Waals surface area contributed by atoms with Gasteiger partial charge in [-0.15, -0.1) is 0 Å². The normalized spacial score (nSPS) is 34.7. The van der Waals surface area contributed by atoms with Crippen molar-refractivity contribution >= 4 is 28.9 Å². The van der Waals surface area contributed by atoms with E-state index in [1.54, 1.807) is 0 Å². The summed E-state index contributed by atoms with van der Waals surface area (Å²) < 4.78 is 21.1. The molecule has 4 bridgehead atoms. The zero-order valence-corrected chi connectivity index (χ0v) is 23.3. The number of aliphatic imine (C=N–C) groups is 1. The van der Waals surface area contributed by atoms with Crippen LogP contribution in [0.5, 0.6) is 5.75 Å². The second-order valence-corrected chi connectivity index (χ2v) is 13.7. The number of rotatable bonds is 3. The van der Waals surface area contributed by atoms with Crippen molar-refractivity contribution in [1.82, 2.24) is 4.90 Å². The van der Waals surface area contributed by atoms with Gasteiger partial charge in [-0.05, 0) is 128 Å². The molecule has 4 saturated carbocycles. The predicted octanol–water partition coefficient (Wildman–Crippen LogP) is 6.75. The number of hydrogen-bond acceptors (Lipinski definition) is 5. The summed E-state index contributed by atoms with van der Waals surface area (Å²) in [4.78, 5) is 19.8. The summed E-state index contributed by atoms with van der Waals surface area (Å²) in [6.07, 6.45) is 9.12. The molecule has 4 aliphatic carbocycles. The first-order valence-electron chi connectivity index (χ1n) is 14.3. The molecule has 0 spiro atoms.